The molecule has 2 aromatic rings. The summed E-state index contributed by atoms with van der Waals surface area (Å²) in [6.07, 6.45) is 1.35. The Labute approximate surface area is 153 Å². The first-order valence-corrected chi connectivity index (χ1v) is 7.99. The number of nitrogens with zero attached hydrogens (tertiary/aromatic N) is 2. The van der Waals surface area contributed by atoms with Crippen molar-refractivity contribution in [2.75, 3.05) is 11.9 Å². The zero-order valence-electron chi connectivity index (χ0n) is 13.6. The van der Waals surface area contributed by atoms with Gasteiger partial charge < -0.3 is 10.6 Å². The predicted molar refractivity (Wildman–Crippen MR) is 91.9 cm³/mol. The van der Waals surface area contributed by atoms with Gasteiger partial charge in [-0.05, 0) is 25.1 Å². The highest BCUT2D eigenvalue weighted by Crippen LogP contribution is 2.30. The molecule has 1 saturated heterocycles. The minimum Gasteiger partial charge on any atom is -0.319 e. The van der Waals surface area contributed by atoms with Crippen LogP contribution in [0.1, 0.15) is 12.5 Å². The third-order valence-corrected chi connectivity index (χ3v) is 4.21. The quantitative estimate of drug-likeness (QED) is 0.801. The minimum absolute atomic E-state index is 0.0284. The molecule has 0 aliphatic carbocycles. The van der Waals surface area contributed by atoms with Gasteiger partial charge in [-0.2, -0.15) is 0 Å². The lowest BCUT2D eigenvalue weighted by Gasteiger charge is -2.22. The van der Waals surface area contributed by atoms with Gasteiger partial charge in [0.25, 0.3) is 5.91 Å². The zero-order chi connectivity index (χ0) is 18.9. The van der Waals surface area contributed by atoms with E-state index in [-0.39, 0.29) is 11.4 Å². The Balaban J connectivity index is 1.76. The number of amides is 4. The number of imide groups is 1. The number of carbonyl (C=O) groups excluding carboxylic acids is 3. The molecule has 4 amide bonds. The van der Waals surface area contributed by atoms with Gasteiger partial charge >= 0.3 is 6.03 Å². The summed E-state index contributed by atoms with van der Waals surface area (Å²) in [6, 6.07) is 7.89. The summed E-state index contributed by atoms with van der Waals surface area (Å²) in [6.45, 7) is 0.864. The molecule has 1 aromatic heterocycles. The first-order valence-electron chi connectivity index (χ1n) is 7.62. The summed E-state index contributed by atoms with van der Waals surface area (Å²) in [4.78, 5) is 41.6. The Morgan fingerprint density at radius 2 is 2.04 bits per heavy atom. The lowest BCUT2D eigenvalue weighted by Crippen LogP contribution is -2.42. The molecular formula is C17H14ClFN4O3. The summed E-state index contributed by atoms with van der Waals surface area (Å²) in [5.74, 6) is -1.74. The minimum atomic E-state index is -1.58. The van der Waals surface area contributed by atoms with E-state index in [1.54, 1.807) is 6.07 Å². The molecule has 134 valence electrons. The van der Waals surface area contributed by atoms with Crippen LogP contribution in [0.5, 0.6) is 0 Å². The van der Waals surface area contributed by atoms with Crippen molar-refractivity contribution in [3.8, 4) is 0 Å². The van der Waals surface area contributed by atoms with Crippen molar-refractivity contribution in [2.24, 2.45) is 0 Å². The highest BCUT2D eigenvalue weighted by molar-refractivity contribution is 6.30. The Morgan fingerprint density at radius 1 is 1.31 bits per heavy atom. The molecule has 0 radical (unpaired) electrons. The summed E-state index contributed by atoms with van der Waals surface area (Å²) in [5, 5.41) is 5.31. The molecule has 26 heavy (non-hydrogen) atoms. The summed E-state index contributed by atoms with van der Waals surface area (Å²) in [5.41, 5.74) is -1.55. The number of halogens is 2. The topological polar surface area (TPSA) is 91.4 Å². The van der Waals surface area contributed by atoms with Crippen LogP contribution < -0.4 is 10.6 Å². The van der Waals surface area contributed by atoms with Gasteiger partial charge in [-0.15, -0.1) is 0 Å². The van der Waals surface area contributed by atoms with Gasteiger partial charge in [-0.1, -0.05) is 29.8 Å². The van der Waals surface area contributed by atoms with E-state index in [1.165, 1.54) is 43.5 Å². The van der Waals surface area contributed by atoms with Crippen LogP contribution in [0.15, 0.2) is 42.6 Å². The van der Waals surface area contributed by atoms with Gasteiger partial charge in [0.1, 0.15) is 23.7 Å². The molecule has 7 nitrogen and oxygen atoms in total. The van der Waals surface area contributed by atoms with Crippen molar-refractivity contribution in [3.63, 3.8) is 0 Å². The molecule has 1 aliphatic rings. The normalized spacial score (nSPS) is 19.4. The lowest BCUT2D eigenvalue weighted by molar-refractivity contribution is -0.133. The van der Waals surface area contributed by atoms with Crippen molar-refractivity contribution in [1.82, 2.24) is 15.2 Å². The lowest BCUT2D eigenvalue weighted by atomic mass is 9.91. The van der Waals surface area contributed by atoms with E-state index in [2.05, 4.69) is 15.6 Å². The molecule has 1 aliphatic heterocycles. The molecule has 2 N–H and O–H groups in total. The second kappa shape index (κ2) is 6.72. The van der Waals surface area contributed by atoms with Crippen LogP contribution in [0.25, 0.3) is 0 Å². The van der Waals surface area contributed by atoms with Crippen LogP contribution in [-0.2, 0) is 15.1 Å². The number of hydrogen-bond acceptors (Lipinski definition) is 4. The fourth-order valence-corrected chi connectivity index (χ4v) is 2.78. The number of urea groups is 1. The maximum absolute atomic E-state index is 14.1. The molecule has 0 saturated carbocycles. The van der Waals surface area contributed by atoms with Gasteiger partial charge in [-0.3, -0.25) is 14.5 Å². The zero-order valence-corrected chi connectivity index (χ0v) is 14.4. The van der Waals surface area contributed by atoms with Gasteiger partial charge in [0, 0.05) is 11.8 Å². The van der Waals surface area contributed by atoms with Gasteiger partial charge in [0.15, 0.2) is 0 Å². The van der Waals surface area contributed by atoms with Gasteiger partial charge in [0.2, 0.25) is 5.91 Å². The highest BCUT2D eigenvalue weighted by Gasteiger charge is 2.50. The average molecular weight is 377 g/mol. The van der Waals surface area contributed by atoms with E-state index in [1.807, 2.05) is 0 Å². The van der Waals surface area contributed by atoms with E-state index >= 15 is 0 Å². The van der Waals surface area contributed by atoms with Gasteiger partial charge in [0.05, 0.1) is 5.02 Å². The molecule has 0 unspecified atom stereocenters. The number of carbonyl (C=O) groups is 3. The fraction of sp³-hybridized carbons (Fsp3) is 0.176. The molecule has 1 atom stereocenters. The molecule has 3 rings (SSSR count). The Morgan fingerprint density at radius 3 is 2.69 bits per heavy atom. The summed E-state index contributed by atoms with van der Waals surface area (Å²) in [7, 11) is 0. The largest absolute Gasteiger partial charge is 0.325 e. The maximum atomic E-state index is 14.1. The molecule has 9 heteroatoms. The average Bonchev–Trinajstić information content (AvgIpc) is 2.81. The molecule has 2 heterocycles. The van der Waals surface area contributed by atoms with Crippen LogP contribution in [-0.4, -0.2) is 34.3 Å². The first kappa shape index (κ1) is 17.8. The molecule has 1 aromatic carbocycles. The smallest absolute Gasteiger partial charge is 0.319 e. The van der Waals surface area contributed by atoms with Crippen molar-refractivity contribution in [2.45, 2.75) is 12.5 Å². The molecule has 0 spiro atoms. The number of anilines is 1. The molecule has 0 bridgehead atoms. The maximum Gasteiger partial charge on any atom is 0.325 e. The number of rotatable bonds is 4. The molecular weight excluding hydrogens is 363 g/mol. The Bertz CT molecular complexity index is 890. The van der Waals surface area contributed by atoms with E-state index in [0.717, 1.165) is 4.90 Å². The van der Waals surface area contributed by atoms with Gasteiger partial charge in [-0.25, -0.2) is 14.2 Å². The number of benzene rings is 1. The SMILES string of the molecule is C[C@]1(c2ccccc2F)NC(=O)N(CC(=O)Nc2ccc(Cl)cn2)C1=O. The third kappa shape index (κ3) is 3.23. The second-order valence-electron chi connectivity index (χ2n) is 5.84. The Hall–Kier alpha value is -3.00. The van der Waals surface area contributed by atoms with Crippen LogP contribution >= 0.6 is 11.6 Å². The highest BCUT2D eigenvalue weighted by atomic mass is 35.5. The van der Waals surface area contributed by atoms with Crippen LogP contribution in [0.2, 0.25) is 5.02 Å². The van der Waals surface area contributed by atoms with Crippen molar-refractivity contribution >= 4 is 35.3 Å². The Kier molecular flexibility index (Phi) is 4.60. The molecule has 1 fully saturated rings. The number of aromatic nitrogens is 1. The monoisotopic (exact) mass is 376 g/mol. The van der Waals surface area contributed by atoms with Crippen LogP contribution in [0, 0.1) is 5.82 Å². The fourth-order valence-electron chi connectivity index (χ4n) is 2.67. The van der Waals surface area contributed by atoms with E-state index < -0.39 is 35.7 Å². The number of pyridine rings is 1. The first-order chi connectivity index (χ1) is 12.3. The van der Waals surface area contributed by atoms with Crippen LogP contribution in [0.3, 0.4) is 0 Å². The van der Waals surface area contributed by atoms with Crippen molar-refractivity contribution in [3.05, 3.63) is 59.0 Å². The number of hydrogen-bond donors (Lipinski definition) is 2. The van der Waals surface area contributed by atoms with E-state index in [9.17, 15) is 18.8 Å². The second-order valence-corrected chi connectivity index (χ2v) is 6.27. The van der Waals surface area contributed by atoms with Crippen molar-refractivity contribution in [1.29, 1.82) is 0 Å². The van der Waals surface area contributed by atoms with Crippen molar-refractivity contribution < 1.29 is 18.8 Å². The summed E-state index contributed by atoms with van der Waals surface area (Å²) >= 11 is 5.71. The number of nitrogens with one attached hydrogen (secondary N) is 2. The van der Waals surface area contributed by atoms with E-state index in [0.29, 0.717) is 5.02 Å². The summed E-state index contributed by atoms with van der Waals surface area (Å²) < 4.78 is 14.1. The predicted octanol–water partition coefficient (Wildman–Crippen LogP) is 2.28. The standard InChI is InChI=1S/C17H14ClFN4O3/c1-17(11-4-2-3-5-12(11)19)15(25)23(16(26)22-17)9-14(24)21-13-7-6-10(18)8-20-13/h2-8H,9H2,1H3,(H,22,26)(H,20,21,24)/t17-/m1/s1. The van der Waals surface area contributed by atoms with E-state index in [4.69, 9.17) is 11.6 Å². The van der Waals surface area contributed by atoms with Crippen LogP contribution in [0.4, 0.5) is 15.0 Å². The third-order valence-electron chi connectivity index (χ3n) is 3.98.